The summed E-state index contributed by atoms with van der Waals surface area (Å²) in [6.45, 7) is 2.32. The fourth-order valence-corrected chi connectivity index (χ4v) is 2.48. The summed E-state index contributed by atoms with van der Waals surface area (Å²) in [5.74, 6) is -0.0570. The summed E-state index contributed by atoms with van der Waals surface area (Å²) in [5.41, 5.74) is 0. The second-order valence-corrected chi connectivity index (χ2v) is 5.06. The molecule has 0 saturated carbocycles. The highest BCUT2D eigenvalue weighted by Crippen LogP contribution is 2.44. The molecular formula is C4H9O5PS. The molecule has 0 radical (unpaired) electrons. The minimum absolute atomic E-state index is 0.0570. The Morgan fingerprint density at radius 3 is 2.45 bits per heavy atom. The van der Waals surface area contributed by atoms with Gasteiger partial charge in [0, 0.05) is 0 Å². The van der Waals surface area contributed by atoms with E-state index in [9.17, 15) is 8.42 Å². The minimum atomic E-state index is -3.42. The molecule has 0 aliphatic carbocycles. The van der Waals surface area contributed by atoms with E-state index in [-0.39, 0.29) is 5.75 Å². The number of hydrogen-bond acceptors (Lipinski definition) is 5. The van der Waals surface area contributed by atoms with Gasteiger partial charge in [-0.05, 0) is 6.92 Å². The summed E-state index contributed by atoms with van der Waals surface area (Å²) in [6, 6.07) is 0. The molecule has 0 amide bonds. The van der Waals surface area contributed by atoms with Crippen molar-refractivity contribution < 1.29 is 21.4 Å². The van der Waals surface area contributed by atoms with Crippen LogP contribution in [-0.2, 0) is 23.1 Å². The first-order valence-corrected chi connectivity index (χ1v) is 5.79. The quantitative estimate of drug-likeness (QED) is 0.625. The van der Waals surface area contributed by atoms with E-state index in [1.807, 2.05) is 0 Å². The fraction of sp³-hybridized carbons (Fsp3) is 1.00. The van der Waals surface area contributed by atoms with Crippen molar-refractivity contribution in [2.75, 3.05) is 19.0 Å². The number of rotatable bonds is 3. The Bertz CT molecular complexity index is 207. The molecule has 1 heterocycles. The molecule has 0 N–H and O–H groups in total. The van der Waals surface area contributed by atoms with Gasteiger partial charge in [0.2, 0.25) is 0 Å². The average molecular weight is 200 g/mol. The third-order valence-electron chi connectivity index (χ3n) is 1.00. The molecule has 1 aliphatic heterocycles. The zero-order valence-electron chi connectivity index (χ0n) is 6.02. The van der Waals surface area contributed by atoms with Crippen LogP contribution in [0.3, 0.4) is 0 Å². The van der Waals surface area contributed by atoms with Gasteiger partial charge in [0.1, 0.15) is 0 Å². The molecule has 11 heavy (non-hydrogen) atoms. The van der Waals surface area contributed by atoms with Crippen LogP contribution < -0.4 is 0 Å². The lowest BCUT2D eigenvalue weighted by Crippen LogP contribution is -2.04. The Balaban J connectivity index is 2.41. The molecule has 0 bridgehead atoms. The Kier molecular flexibility index (Phi) is 3.21. The Hall–Kier alpha value is 0.260. The maximum Gasteiger partial charge on any atom is 0.348 e. The summed E-state index contributed by atoms with van der Waals surface area (Å²) in [7, 11) is -5.05. The van der Waals surface area contributed by atoms with Crippen molar-refractivity contribution in [1.82, 2.24) is 0 Å². The van der Waals surface area contributed by atoms with Crippen molar-refractivity contribution >= 4 is 18.7 Å². The highest BCUT2D eigenvalue weighted by Gasteiger charge is 2.25. The van der Waals surface area contributed by atoms with Crippen LogP contribution in [0.4, 0.5) is 0 Å². The topological polar surface area (TPSA) is 61.8 Å². The van der Waals surface area contributed by atoms with Crippen LogP contribution in [0.5, 0.6) is 0 Å². The van der Waals surface area contributed by atoms with Gasteiger partial charge in [-0.2, -0.15) is 12.4 Å². The van der Waals surface area contributed by atoms with Crippen LogP contribution in [0.25, 0.3) is 0 Å². The molecule has 1 fully saturated rings. The number of hydrogen-bond donors (Lipinski definition) is 0. The van der Waals surface area contributed by atoms with E-state index in [2.05, 4.69) is 3.97 Å². The second-order valence-electron chi connectivity index (χ2n) is 1.81. The third kappa shape index (κ3) is 3.01. The van der Waals surface area contributed by atoms with E-state index >= 15 is 0 Å². The lowest BCUT2D eigenvalue weighted by Gasteiger charge is -2.05. The zero-order valence-corrected chi connectivity index (χ0v) is 7.73. The van der Waals surface area contributed by atoms with Gasteiger partial charge in [-0.1, -0.05) is 0 Å². The summed E-state index contributed by atoms with van der Waals surface area (Å²) in [6.07, 6.45) is 0. The molecule has 0 spiro atoms. The molecule has 0 atom stereocenters. The van der Waals surface area contributed by atoms with Gasteiger partial charge < -0.3 is 9.05 Å². The van der Waals surface area contributed by atoms with Crippen molar-refractivity contribution in [3.05, 3.63) is 0 Å². The molecule has 0 aromatic carbocycles. The standard InChI is InChI=1S/C4H9O5PS/c1-2-11(5,6)9-10-7-3-4-8-10/h2-4H2,1H3. The Labute approximate surface area is 66.8 Å². The lowest BCUT2D eigenvalue weighted by atomic mass is 10.8. The molecule has 7 heteroatoms. The van der Waals surface area contributed by atoms with E-state index in [0.29, 0.717) is 13.2 Å². The first kappa shape index (κ1) is 9.35. The van der Waals surface area contributed by atoms with Crippen molar-refractivity contribution in [3.63, 3.8) is 0 Å². The molecule has 1 aliphatic rings. The minimum Gasteiger partial charge on any atom is -0.309 e. The van der Waals surface area contributed by atoms with Crippen molar-refractivity contribution in [2.24, 2.45) is 0 Å². The largest absolute Gasteiger partial charge is 0.348 e. The van der Waals surface area contributed by atoms with E-state index < -0.39 is 18.7 Å². The SMILES string of the molecule is CCS(=O)(=O)OP1OCCO1. The zero-order chi connectivity index (χ0) is 8.32. The lowest BCUT2D eigenvalue weighted by molar-refractivity contribution is 0.353. The summed E-state index contributed by atoms with van der Waals surface area (Å²) in [4.78, 5) is 0. The average Bonchev–Trinajstić information content (AvgIpc) is 2.39. The third-order valence-corrected chi connectivity index (χ3v) is 3.89. The van der Waals surface area contributed by atoms with Gasteiger partial charge in [0.25, 0.3) is 10.1 Å². The van der Waals surface area contributed by atoms with E-state index in [1.165, 1.54) is 6.92 Å². The molecule has 5 nitrogen and oxygen atoms in total. The van der Waals surface area contributed by atoms with E-state index in [1.54, 1.807) is 0 Å². The fourth-order valence-electron chi connectivity index (χ4n) is 0.449. The van der Waals surface area contributed by atoms with Crippen LogP contribution >= 0.6 is 8.60 Å². The first-order chi connectivity index (χ1) is 5.14. The van der Waals surface area contributed by atoms with Gasteiger partial charge in [-0.3, -0.25) is 0 Å². The van der Waals surface area contributed by atoms with Gasteiger partial charge in [0.15, 0.2) is 0 Å². The van der Waals surface area contributed by atoms with Gasteiger partial charge in [0.05, 0.1) is 19.0 Å². The van der Waals surface area contributed by atoms with Gasteiger partial charge in [-0.25, -0.2) is 0 Å². The summed E-state index contributed by atoms with van der Waals surface area (Å²) in [5, 5.41) is 0. The maximum atomic E-state index is 10.8. The highest BCUT2D eigenvalue weighted by atomic mass is 32.2. The monoisotopic (exact) mass is 200 g/mol. The van der Waals surface area contributed by atoms with Crippen LogP contribution in [0.1, 0.15) is 6.92 Å². The van der Waals surface area contributed by atoms with E-state index in [0.717, 1.165) is 0 Å². The van der Waals surface area contributed by atoms with Crippen molar-refractivity contribution in [3.8, 4) is 0 Å². The van der Waals surface area contributed by atoms with Crippen molar-refractivity contribution in [2.45, 2.75) is 6.92 Å². The second kappa shape index (κ2) is 3.78. The van der Waals surface area contributed by atoms with Gasteiger partial charge >= 0.3 is 8.60 Å². The summed E-state index contributed by atoms with van der Waals surface area (Å²) >= 11 is 0. The van der Waals surface area contributed by atoms with Crippen molar-refractivity contribution in [1.29, 1.82) is 0 Å². The highest BCUT2D eigenvalue weighted by molar-refractivity contribution is 7.90. The van der Waals surface area contributed by atoms with Crippen LogP contribution in [0, 0.1) is 0 Å². The van der Waals surface area contributed by atoms with Crippen LogP contribution in [-0.4, -0.2) is 27.4 Å². The van der Waals surface area contributed by atoms with Crippen LogP contribution in [0.15, 0.2) is 0 Å². The predicted octanol–water partition coefficient (Wildman–Crippen LogP) is 0.626. The molecular weight excluding hydrogens is 191 g/mol. The van der Waals surface area contributed by atoms with Gasteiger partial charge in [-0.15, -0.1) is 0 Å². The Morgan fingerprint density at radius 2 is 2.00 bits per heavy atom. The van der Waals surface area contributed by atoms with Crippen LogP contribution in [0.2, 0.25) is 0 Å². The molecule has 1 saturated heterocycles. The normalized spacial score (nSPS) is 20.8. The smallest absolute Gasteiger partial charge is 0.309 e. The molecule has 0 aromatic rings. The summed E-state index contributed by atoms with van der Waals surface area (Å²) < 4.78 is 35.8. The van der Waals surface area contributed by atoms with E-state index in [4.69, 9.17) is 9.05 Å². The molecule has 1 rings (SSSR count). The Morgan fingerprint density at radius 1 is 1.45 bits per heavy atom. The molecule has 0 aromatic heterocycles. The maximum absolute atomic E-state index is 10.8. The molecule has 0 unspecified atom stereocenters. The predicted molar refractivity (Wildman–Crippen MR) is 39.4 cm³/mol. The molecule has 66 valence electrons. The first-order valence-electron chi connectivity index (χ1n) is 3.12.